The lowest BCUT2D eigenvalue weighted by Crippen LogP contribution is -1.94. The van der Waals surface area contributed by atoms with Gasteiger partial charge in [-0.2, -0.15) is 0 Å². The Labute approximate surface area is 371 Å². The summed E-state index contributed by atoms with van der Waals surface area (Å²) >= 11 is 0. The molecule has 0 bridgehead atoms. The summed E-state index contributed by atoms with van der Waals surface area (Å²) in [6, 6.07) is 90.2. The standard InChI is InChI=1S/C64H40/c1-4-17-44-36-48(31-28-41(44)14-1)47-20-13-21-49(39-47)61-53-22-7-9-24-55(53)63(56-25-10-8-23-54(56)61)52-34-35-59-60(40-52)64(51-33-30-43-16-3-6-19-46(43)38-51)58-27-12-11-26-57(58)62(59)50-32-29-42-15-2-5-18-45(42)37-50/h1-40H. The summed E-state index contributed by atoms with van der Waals surface area (Å²) in [5.41, 5.74) is 12.4. The largest absolute Gasteiger partial charge is 0.0616 e. The minimum Gasteiger partial charge on any atom is -0.0616 e. The van der Waals surface area contributed by atoms with Crippen LogP contribution < -0.4 is 0 Å². The monoisotopic (exact) mass is 808 g/mol. The summed E-state index contributed by atoms with van der Waals surface area (Å²) in [7, 11) is 0. The van der Waals surface area contributed by atoms with Crippen molar-refractivity contribution in [3.63, 3.8) is 0 Å². The molecule has 0 saturated heterocycles. The summed E-state index contributed by atoms with van der Waals surface area (Å²) in [6.45, 7) is 0. The lowest BCUT2D eigenvalue weighted by atomic mass is 9.82. The molecule has 0 nitrogen and oxygen atoms in total. The first-order valence-corrected chi connectivity index (χ1v) is 22.2. The highest BCUT2D eigenvalue weighted by Crippen LogP contribution is 2.49. The first-order valence-electron chi connectivity index (χ1n) is 22.2. The summed E-state index contributed by atoms with van der Waals surface area (Å²) < 4.78 is 0. The van der Waals surface area contributed by atoms with Crippen LogP contribution in [0.25, 0.3) is 131 Å². The van der Waals surface area contributed by atoms with Crippen LogP contribution in [0.5, 0.6) is 0 Å². The van der Waals surface area contributed by atoms with E-state index in [2.05, 4.69) is 243 Å². The second-order valence-corrected chi connectivity index (χ2v) is 17.2. The topological polar surface area (TPSA) is 0 Å². The molecular weight excluding hydrogens is 769 g/mol. The Balaban J connectivity index is 1.09. The number of hydrogen-bond donors (Lipinski definition) is 0. The van der Waals surface area contributed by atoms with Crippen LogP contribution in [0.1, 0.15) is 0 Å². The second-order valence-electron chi connectivity index (χ2n) is 17.2. The van der Waals surface area contributed by atoms with Crippen LogP contribution in [-0.4, -0.2) is 0 Å². The van der Waals surface area contributed by atoms with Crippen molar-refractivity contribution in [2.75, 3.05) is 0 Å². The van der Waals surface area contributed by atoms with Crippen LogP contribution in [0.4, 0.5) is 0 Å². The molecule has 13 aromatic rings. The van der Waals surface area contributed by atoms with Gasteiger partial charge in [0, 0.05) is 0 Å². The predicted molar refractivity (Wildman–Crippen MR) is 276 cm³/mol. The molecule has 0 atom stereocenters. The van der Waals surface area contributed by atoms with Crippen molar-refractivity contribution >= 4 is 75.4 Å². The SMILES string of the molecule is c1cc(-c2ccc3ccccc3c2)cc(-c2c3ccccc3c(-c3ccc4c(-c5ccc6ccccc6c5)c5ccccc5c(-c5ccc6ccccc6c5)c4c3)c3ccccc23)c1. The van der Waals surface area contributed by atoms with Gasteiger partial charge in [0.25, 0.3) is 0 Å². The van der Waals surface area contributed by atoms with Gasteiger partial charge in [-0.1, -0.05) is 212 Å². The van der Waals surface area contributed by atoms with Gasteiger partial charge in [-0.15, -0.1) is 0 Å². The quantitative estimate of drug-likeness (QED) is 0.152. The van der Waals surface area contributed by atoms with Crippen molar-refractivity contribution in [2.24, 2.45) is 0 Å². The van der Waals surface area contributed by atoms with Crippen LogP contribution in [0, 0.1) is 0 Å². The molecule has 13 rings (SSSR count). The molecule has 0 unspecified atom stereocenters. The first-order chi connectivity index (χ1) is 31.7. The molecule has 0 spiro atoms. The molecule has 0 saturated carbocycles. The van der Waals surface area contributed by atoms with Gasteiger partial charge in [0.2, 0.25) is 0 Å². The van der Waals surface area contributed by atoms with Crippen LogP contribution in [-0.2, 0) is 0 Å². The van der Waals surface area contributed by atoms with Crippen LogP contribution in [0.3, 0.4) is 0 Å². The highest BCUT2D eigenvalue weighted by molar-refractivity contribution is 6.25. The van der Waals surface area contributed by atoms with Crippen molar-refractivity contribution in [1.29, 1.82) is 0 Å². The van der Waals surface area contributed by atoms with Gasteiger partial charge < -0.3 is 0 Å². The predicted octanol–water partition coefficient (Wildman–Crippen LogP) is 18.1. The Hall–Kier alpha value is -8.32. The van der Waals surface area contributed by atoms with E-state index in [1.165, 1.54) is 131 Å². The van der Waals surface area contributed by atoms with Gasteiger partial charge in [-0.25, -0.2) is 0 Å². The van der Waals surface area contributed by atoms with Crippen LogP contribution in [0.2, 0.25) is 0 Å². The molecule has 0 aliphatic heterocycles. The van der Waals surface area contributed by atoms with Gasteiger partial charge in [-0.3, -0.25) is 0 Å². The third-order valence-electron chi connectivity index (χ3n) is 13.6. The summed E-state index contributed by atoms with van der Waals surface area (Å²) in [4.78, 5) is 0. The minimum absolute atomic E-state index is 1.21. The van der Waals surface area contributed by atoms with Crippen molar-refractivity contribution in [3.05, 3.63) is 243 Å². The number of hydrogen-bond acceptors (Lipinski definition) is 0. The van der Waals surface area contributed by atoms with E-state index in [0.29, 0.717) is 0 Å². The third-order valence-corrected chi connectivity index (χ3v) is 13.6. The van der Waals surface area contributed by atoms with E-state index in [1.54, 1.807) is 0 Å². The Bertz CT molecular complexity index is 3960. The van der Waals surface area contributed by atoms with E-state index in [0.717, 1.165) is 0 Å². The highest BCUT2D eigenvalue weighted by Gasteiger charge is 2.21. The Kier molecular flexibility index (Phi) is 8.32. The maximum absolute atomic E-state index is 2.49. The summed E-state index contributed by atoms with van der Waals surface area (Å²) in [5, 5.41) is 17.5. The van der Waals surface area contributed by atoms with Gasteiger partial charge in [0.05, 0.1) is 0 Å². The molecular formula is C64H40. The summed E-state index contributed by atoms with van der Waals surface area (Å²) in [6.07, 6.45) is 0. The zero-order valence-electron chi connectivity index (χ0n) is 35.1. The fourth-order valence-corrected chi connectivity index (χ4v) is 10.6. The van der Waals surface area contributed by atoms with Crippen molar-refractivity contribution in [2.45, 2.75) is 0 Å². The molecule has 0 aliphatic rings. The van der Waals surface area contributed by atoms with Gasteiger partial charge in [0.15, 0.2) is 0 Å². The van der Waals surface area contributed by atoms with Crippen molar-refractivity contribution < 1.29 is 0 Å². The van der Waals surface area contributed by atoms with E-state index < -0.39 is 0 Å². The van der Waals surface area contributed by atoms with Gasteiger partial charge in [0.1, 0.15) is 0 Å². The molecule has 0 aromatic heterocycles. The number of rotatable bonds is 5. The molecule has 0 amide bonds. The van der Waals surface area contributed by atoms with Gasteiger partial charge >= 0.3 is 0 Å². The molecule has 296 valence electrons. The first kappa shape index (κ1) is 36.3. The normalized spacial score (nSPS) is 11.8. The van der Waals surface area contributed by atoms with Crippen LogP contribution in [0.15, 0.2) is 243 Å². The van der Waals surface area contributed by atoms with Crippen LogP contribution >= 0.6 is 0 Å². The molecule has 0 radical (unpaired) electrons. The molecule has 0 heterocycles. The Morgan fingerprint density at radius 3 is 0.875 bits per heavy atom. The molecule has 64 heavy (non-hydrogen) atoms. The zero-order chi connectivity index (χ0) is 42.1. The van der Waals surface area contributed by atoms with E-state index in [-0.39, 0.29) is 0 Å². The van der Waals surface area contributed by atoms with Crippen molar-refractivity contribution in [1.82, 2.24) is 0 Å². The molecule has 13 aromatic carbocycles. The third kappa shape index (κ3) is 5.84. The van der Waals surface area contributed by atoms with E-state index in [4.69, 9.17) is 0 Å². The van der Waals surface area contributed by atoms with Crippen molar-refractivity contribution in [3.8, 4) is 55.6 Å². The minimum atomic E-state index is 1.21. The van der Waals surface area contributed by atoms with E-state index in [1.807, 2.05) is 0 Å². The smallest absolute Gasteiger partial charge is 0.00259 e. The maximum atomic E-state index is 2.49. The molecule has 0 fully saturated rings. The molecule has 0 N–H and O–H groups in total. The average molecular weight is 809 g/mol. The molecule has 0 heteroatoms. The zero-order valence-corrected chi connectivity index (χ0v) is 35.1. The van der Waals surface area contributed by atoms with Gasteiger partial charge in [-0.05, 0) is 161 Å². The number of benzene rings is 13. The Morgan fingerprint density at radius 1 is 0.141 bits per heavy atom. The van der Waals surface area contributed by atoms with E-state index in [9.17, 15) is 0 Å². The highest BCUT2D eigenvalue weighted by atomic mass is 14.2. The lowest BCUT2D eigenvalue weighted by Gasteiger charge is -2.21. The maximum Gasteiger partial charge on any atom is -0.00259 e. The molecule has 0 aliphatic carbocycles. The van der Waals surface area contributed by atoms with E-state index >= 15 is 0 Å². The fraction of sp³-hybridized carbons (Fsp3) is 0. The Morgan fingerprint density at radius 2 is 0.422 bits per heavy atom. The second kappa shape index (κ2) is 14.7. The lowest BCUT2D eigenvalue weighted by molar-refractivity contribution is 1.63. The summed E-state index contributed by atoms with van der Waals surface area (Å²) in [5.74, 6) is 0. The average Bonchev–Trinajstić information content (AvgIpc) is 3.36. The number of fused-ring (bicyclic) bond motifs is 7. The fourth-order valence-electron chi connectivity index (χ4n) is 10.6.